The molecular weight excluding hydrogens is 395 g/mol. The molecule has 0 aliphatic carbocycles. The molecule has 1 atom stereocenters. The molecule has 1 aliphatic heterocycles. The van der Waals surface area contributed by atoms with Gasteiger partial charge in [0.25, 0.3) is 5.91 Å². The summed E-state index contributed by atoms with van der Waals surface area (Å²) < 4.78 is 0. The average Bonchev–Trinajstić information content (AvgIpc) is 3.13. The topological polar surface area (TPSA) is 52.9 Å². The summed E-state index contributed by atoms with van der Waals surface area (Å²) in [6.45, 7) is 0. The number of hydrazone groups is 1. The number of phenols is 1. The van der Waals surface area contributed by atoms with E-state index in [-0.39, 0.29) is 11.7 Å². The highest BCUT2D eigenvalue weighted by Crippen LogP contribution is 2.38. The fraction of sp³-hybridized carbons (Fsp3) is 0.0909. The third-order valence-corrected chi connectivity index (χ3v) is 5.15. The molecule has 0 unspecified atom stereocenters. The molecule has 0 spiro atoms. The Balaban J connectivity index is 1.76. The van der Waals surface area contributed by atoms with E-state index in [9.17, 15) is 9.90 Å². The molecule has 140 valence electrons. The number of carbonyl (C=O) groups excluding carboxylic acids is 1. The van der Waals surface area contributed by atoms with E-state index in [0.717, 1.165) is 11.3 Å². The maximum absolute atomic E-state index is 13.2. The van der Waals surface area contributed by atoms with Crippen LogP contribution in [0, 0.1) is 0 Å². The Bertz CT molecular complexity index is 1060. The Morgan fingerprint density at radius 2 is 1.71 bits per heavy atom. The fourth-order valence-electron chi connectivity index (χ4n) is 3.28. The number of aromatic hydroxyl groups is 1. The molecule has 1 amide bonds. The third kappa shape index (κ3) is 3.61. The van der Waals surface area contributed by atoms with Gasteiger partial charge in [0, 0.05) is 27.6 Å². The smallest absolute Gasteiger partial charge is 0.274 e. The molecule has 4 rings (SSSR count). The number of phenolic OH excluding ortho intramolecular Hbond substituents is 1. The van der Waals surface area contributed by atoms with Crippen LogP contribution < -0.4 is 0 Å². The number of hydrogen-bond acceptors (Lipinski definition) is 3. The zero-order chi connectivity index (χ0) is 19.7. The normalized spacial score (nSPS) is 16.1. The lowest BCUT2D eigenvalue weighted by atomic mass is 9.97. The van der Waals surface area contributed by atoms with Crippen LogP contribution in [0.4, 0.5) is 0 Å². The van der Waals surface area contributed by atoms with E-state index in [0.29, 0.717) is 27.6 Å². The van der Waals surface area contributed by atoms with Crippen molar-refractivity contribution in [2.75, 3.05) is 0 Å². The summed E-state index contributed by atoms with van der Waals surface area (Å²) >= 11 is 12.0. The number of carbonyl (C=O) groups is 1. The number of halogens is 2. The molecule has 4 nitrogen and oxygen atoms in total. The van der Waals surface area contributed by atoms with E-state index < -0.39 is 6.04 Å². The van der Waals surface area contributed by atoms with Crippen LogP contribution >= 0.6 is 23.2 Å². The van der Waals surface area contributed by atoms with E-state index in [2.05, 4.69) is 5.10 Å². The molecule has 3 aromatic rings. The van der Waals surface area contributed by atoms with Crippen LogP contribution in [0.3, 0.4) is 0 Å². The first-order chi connectivity index (χ1) is 13.5. The minimum atomic E-state index is -0.418. The van der Waals surface area contributed by atoms with Crippen molar-refractivity contribution in [2.45, 2.75) is 12.5 Å². The van der Waals surface area contributed by atoms with Crippen LogP contribution in [0.5, 0.6) is 5.75 Å². The maximum atomic E-state index is 13.2. The van der Waals surface area contributed by atoms with Crippen molar-refractivity contribution in [3.05, 3.63) is 99.5 Å². The van der Waals surface area contributed by atoms with Crippen molar-refractivity contribution in [3.63, 3.8) is 0 Å². The van der Waals surface area contributed by atoms with E-state index in [1.54, 1.807) is 54.6 Å². The summed E-state index contributed by atoms with van der Waals surface area (Å²) in [5.41, 5.74) is 2.71. The van der Waals surface area contributed by atoms with Crippen molar-refractivity contribution in [2.24, 2.45) is 5.10 Å². The van der Waals surface area contributed by atoms with Crippen LogP contribution in [0.25, 0.3) is 0 Å². The number of hydrogen-bond donors (Lipinski definition) is 1. The van der Waals surface area contributed by atoms with Gasteiger partial charge in [0.15, 0.2) is 0 Å². The second-order valence-electron chi connectivity index (χ2n) is 6.49. The second kappa shape index (κ2) is 7.66. The van der Waals surface area contributed by atoms with Crippen molar-refractivity contribution < 1.29 is 9.90 Å². The van der Waals surface area contributed by atoms with Gasteiger partial charge in [-0.2, -0.15) is 5.10 Å². The summed E-state index contributed by atoms with van der Waals surface area (Å²) in [5, 5.41) is 17.5. The van der Waals surface area contributed by atoms with Crippen molar-refractivity contribution >= 4 is 34.8 Å². The van der Waals surface area contributed by atoms with Crippen LogP contribution in [0.1, 0.15) is 33.9 Å². The minimum absolute atomic E-state index is 0.129. The number of amides is 1. The van der Waals surface area contributed by atoms with Crippen LogP contribution in [0.15, 0.2) is 77.9 Å². The second-order valence-corrected chi connectivity index (χ2v) is 7.37. The predicted octanol–water partition coefficient (Wildman–Crippen LogP) is 5.69. The molecule has 0 saturated heterocycles. The van der Waals surface area contributed by atoms with E-state index in [1.165, 1.54) is 5.01 Å². The molecule has 1 aliphatic rings. The summed E-state index contributed by atoms with van der Waals surface area (Å²) in [5.74, 6) is -0.149. The number of nitrogens with zero attached hydrogens (tertiary/aromatic N) is 2. The lowest BCUT2D eigenvalue weighted by molar-refractivity contribution is 0.0709. The molecule has 6 heteroatoms. The zero-order valence-corrected chi connectivity index (χ0v) is 16.2. The SMILES string of the molecule is O=C(c1cccc(Cl)c1)N1N=C(c2ccc(Cl)cc2)C[C@@H]1c1ccccc1O. The Morgan fingerprint density at radius 3 is 2.43 bits per heavy atom. The fourth-order valence-corrected chi connectivity index (χ4v) is 3.60. The summed E-state index contributed by atoms with van der Waals surface area (Å²) in [6.07, 6.45) is 0.478. The Hall–Kier alpha value is -2.82. The first kappa shape index (κ1) is 18.5. The molecule has 0 radical (unpaired) electrons. The number of rotatable bonds is 3. The predicted molar refractivity (Wildman–Crippen MR) is 111 cm³/mol. The Labute approximate surface area is 172 Å². The molecule has 0 bridgehead atoms. The van der Waals surface area contributed by atoms with Gasteiger partial charge in [-0.05, 0) is 42.0 Å². The van der Waals surface area contributed by atoms with Gasteiger partial charge in [-0.25, -0.2) is 5.01 Å². The van der Waals surface area contributed by atoms with Crippen LogP contribution in [-0.2, 0) is 0 Å². The molecule has 1 heterocycles. The van der Waals surface area contributed by atoms with Crippen LogP contribution in [-0.4, -0.2) is 21.7 Å². The van der Waals surface area contributed by atoms with Gasteiger partial charge >= 0.3 is 0 Å². The minimum Gasteiger partial charge on any atom is -0.508 e. The van der Waals surface area contributed by atoms with E-state index in [4.69, 9.17) is 23.2 Å². The van der Waals surface area contributed by atoms with Gasteiger partial charge in [0.05, 0.1) is 11.8 Å². The molecule has 3 aromatic carbocycles. The lowest BCUT2D eigenvalue weighted by Gasteiger charge is -2.22. The molecule has 0 fully saturated rings. The zero-order valence-electron chi connectivity index (χ0n) is 14.7. The van der Waals surface area contributed by atoms with Gasteiger partial charge in [0.2, 0.25) is 0 Å². The Morgan fingerprint density at radius 1 is 0.964 bits per heavy atom. The maximum Gasteiger partial charge on any atom is 0.274 e. The summed E-state index contributed by atoms with van der Waals surface area (Å²) in [4.78, 5) is 13.2. The molecule has 0 aromatic heterocycles. The van der Waals surface area contributed by atoms with Gasteiger partial charge in [0.1, 0.15) is 5.75 Å². The molecular formula is C22H16Cl2N2O2. The van der Waals surface area contributed by atoms with E-state index >= 15 is 0 Å². The largest absolute Gasteiger partial charge is 0.508 e. The van der Waals surface area contributed by atoms with Gasteiger partial charge in [-0.1, -0.05) is 59.6 Å². The highest BCUT2D eigenvalue weighted by molar-refractivity contribution is 6.31. The van der Waals surface area contributed by atoms with Gasteiger partial charge in [-0.3, -0.25) is 4.79 Å². The summed E-state index contributed by atoms with van der Waals surface area (Å²) in [6, 6.07) is 20.6. The molecule has 1 N–H and O–H groups in total. The number of para-hydroxylation sites is 1. The van der Waals surface area contributed by atoms with Gasteiger partial charge in [-0.15, -0.1) is 0 Å². The monoisotopic (exact) mass is 410 g/mol. The highest BCUT2D eigenvalue weighted by atomic mass is 35.5. The van der Waals surface area contributed by atoms with Crippen molar-refractivity contribution in [3.8, 4) is 5.75 Å². The standard InChI is InChI=1S/C22H16Cl2N2O2/c23-16-10-8-14(9-11-16)19-13-20(18-6-1-2-7-21(18)27)26(25-19)22(28)15-4-3-5-17(24)12-15/h1-12,20,27H,13H2/t20-/m1/s1. The quantitative estimate of drug-likeness (QED) is 0.602. The van der Waals surface area contributed by atoms with Gasteiger partial charge < -0.3 is 5.11 Å². The Kier molecular flexibility index (Phi) is 5.07. The third-order valence-electron chi connectivity index (χ3n) is 4.66. The van der Waals surface area contributed by atoms with Crippen molar-refractivity contribution in [1.82, 2.24) is 5.01 Å². The first-order valence-electron chi connectivity index (χ1n) is 8.73. The first-order valence-corrected chi connectivity index (χ1v) is 9.49. The highest BCUT2D eigenvalue weighted by Gasteiger charge is 2.35. The van der Waals surface area contributed by atoms with Crippen molar-refractivity contribution in [1.29, 1.82) is 0 Å². The molecule has 28 heavy (non-hydrogen) atoms. The summed E-state index contributed by atoms with van der Waals surface area (Å²) in [7, 11) is 0. The van der Waals surface area contributed by atoms with E-state index in [1.807, 2.05) is 18.2 Å². The molecule has 0 saturated carbocycles. The average molecular weight is 411 g/mol. The number of benzene rings is 3. The lowest BCUT2D eigenvalue weighted by Crippen LogP contribution is -2.27. The van der Waals surface area contributed by atoms with Crippen LogP contribution in [0.2, 0.25) is 10.0 Å².